The Kier molecular flexibility index (Phi) is 4.56. The fraction of sp³-hybridized carbons (Fsp3) is 0.533. The summed E-state index contributed by atoms with van der Waals surface area (Å²) in [4.78, 5) is 13.5. The normalized spacial score (nSPS) is 18.6. The predicted octanol–water partition coefficient (Wildman–Crippen LogP) is 1.27. The lowest BCUT2D eigenvalue weighted by Crippen LogP contribution is -2.44. The molecular weight excluding hydrogens is 238 g/mol. The van der Waals surface area contributed by atoms with E-state index in [-0.39, 0.29) is 11.9 Å². The Morgan fingerprint density at radius 2 is 2.21 bits per heavy atom. The van der Waals surface area contributed by atoms with E-state index in [9.17, 15) is 4.79 Å². The van der Waals surface area contributed by atoms with E-state index in [1.807, 2.05) is 0 Å². The van der Waals surface area contributed by atoms with Crippen LogP contribution in [0.3, 0.4) is 0 Å². The van der Waals surface area contributed by atoms with Crippen molar-refractivity contribution < 1.29 is 4.79 Å². The van der Waals surface area contributed by atoms with E-state index in [2.05, 4.69) is 48.3 Å². The molecule has 1 unspecified atom stereocenters. The summed E-state index contributed by atoms with van der Waals surface area (Å²) in [7, 11) is 0. The second-order valence-electron chi connectivity index (χ2n) is 5.64. The zero-order valence-corrected chi connectivity index (χ0v) is 11.7. The first-order valence-electron chi connectivity index (χ1n) is 6.88. The first-order valence-corrected chi connectivity index (χ1v) is 6.88. The van der Waals surface area contributed by atoms with Crippen LogP contribution in [0.25, 0.3) is 0 Å². The number of fused-ring (bicyclic) bond motifs is 1. The molecule has 1 amide bonds. The van der Waals surface area contributed by atoms with Crippen LogP contribution in [0.15, 0.2) is 24.3 Å². The minimum atomic E-state index is -0.260. The molecule has 0 saturated carbocycles. The van der Waals surface area contributed by atoms with Crippen molar-refractivity contribution in [3.63, 3.8) is 0 Å². The van der Waals surface area contributed by atoms with Crippen LogP contribution >= 0.6 is 0 Å². The van der Waals surface area contributed by atoms with E-state index in [4.69, 9.17) is 5.73 Å². The smallest absolute Gasteiger partial charge is 0.231 e. The molecule has 19 heavy (non-hydrogen) atoms. The Bertz CT molecular complexity index is 445. The monoisotopic (exact) mass is 261 g/mol. The minimum Gasteiger partial charge on any atom is -0.369 e. The molecule has 3 N–H and O–H groups in total. The van der Waals surface area contributed by atoms with Crippen LogP contribution in [0.5, 0.6) is 0 Å². The average molecular weight is 261 g/mol. The molecule has 0 bridgehead atoms. The summed E-state index contributed by atoms with van der Waals surface area (Å²) in [5.41, 5.74) is 8.03. The standard InChI is InChI=1S/C15H23N3O/c1-11(2)9-18(10-15(16)19)14-8-17-7-12-5-3-4-6-13(12)14/h3-6,11,14,17H,7-10H2,1-2H3,(H2,16,19). The third kappa shape index (κ3) is 3.55. The highest BCUT2D eigenvalue weighted by atomic mass is 16.1. The third-order valence-electron chi connectivity index (χ3n) is 3.47. The maximum absolute atomic E-state index is 11.3. The van der Waals surface area contributed by atoms with Gasteiger partial charge in [-0.1, -0.05) is 38.1 Å². The summed E-state index contributed by atoms with van der Waals surface area (Å²) in [6.45, 7) is 7.30. The van der Waals surface area contributed by atoms with Crippen LogP contribution in [0.2, 0.25) is 0 Å². The number of hydrogen-bond acceptors (Lipinski definition) is 3. The summed E-state index contributed by atoms with van der Waals surface area (Å²) in [6, 6.07) is 8.67. The highest BCUT2D eigenvalue weighted by Gasteiger charge is 2.26. The molecule has 0 radical (unpaired) electrons. The Balaban J connectivity index is 2.24. The van der Waals surface area contributed by atoms with Gasteiger partial charge >= 0.3 is 0 Å². The van der Waals surface area contributed by atoms with Crippen molar-refractivity contribution in [1.82, 2.24) is 10.2 Å². The van der Waals surface area contributed by atoms with E-state index in [0.717, 1.165) is 19.6 Å². The highest BCUT2D eigenvalue weighted by molar-refractivity contribution is 5.76. The van der Waals surface area contributed by atoms with Crippen molar-refractivity contribution in [3.8, 4) is 0 Å². The molecule has 1 aliphatic rings. The van der Waals surface area contributed by atoms with Crippen LogP contribution < -0.4 is 11.1 Å². The van der Waals surface area contributed by atoms with Crippen LogP contribution in [0.1, 0.15) is 31.0 Å². The first-order chi connectivity index (χ1) is 9.08. The minimum absolute atomic E-state index is 0.236. The molecule has 2 rings (SSSR count). The summed E-state index contributed by atoms with van der Waals surface area (Å²) < 4.78 is 0. The highest BCUT2D eigenvalue weighted by Crippen LogP contribution is 2.27. The number of hydrogen-bond donors (Lipinski definition) is 2. The summed E-state index contributed by atoms with van der Waals surface area (Å²) in [5, 5.41) is 3.42. The molecule has 0 aliphatic carbocycles. The number of nitrogens with zero attached hydrogens (tertiary/aromatic N) is 1. The van der Waals surface area contributed by atoms with Gasteiger partial charge in [-0.25, -0.2) is 0 Å². The molecule has 4 heteroatoms. The van der Waals surface area contributed by atoms with Crippen molar-refractivity contribution in [3.05, 3.63) is 35.4 Å². The molecule has 104 valence electrons. The van der Waals surface area contributed by atoms with E-state index in [1.54, 1.807) is 0 Å². The first kappa shape index (κ1) is 14.0. The van der Waals surface area contributed by atoms with Crippen molar-refractivity contribution in [1.29, 1.82) is 0 Å². The van der Waals surface area contributed by atoms with Gasteiger partial charge in [0.2, 0.25) is 5.91 Å². The maximum atomic E-state index is 11.3. The lowest BCUT2D eigenvalue weighted by molar-refractivity contribution is -0.119. The molecule has 0 spiro atoms. The molecule has 1 aliphatic heterocycles. The van der Waals surface area contributed by atoms with Gasteiger partial charge in [0.15, 0.2) is 0 Å². The van der Waals surface area contributed by atoms with Crippen LogP contribution in [-0.4, -0.2) is 30.4 Å². The van der Waals surface area contributed by atoms with Crippen molar-refractivity contribution in [2.45, 2.75) is 26.4 Å². The quantitative estimate of drug-likeness (QED) is 0.839. The van der Waals surface area contributed by atoms with Gasteiger partial charge in [0.1, 0.15) is 0 Å². The third-order valence-corrected chi connectivity index (χ3v) is 3.47. The maximum Gasteiger partial charge on any atom is 0.231 e. The van der Waals surface area contributed by atoms with Gasteiger partial charge in [0, 0.05) is 25.7 Å². The molecule has 0 saturated heterocycles. The molecule has 1 atom stereocenters. The Morgan fingerprint density at radius 1 is 1.47 bits per heavy atom. The van der Waals surface area contributed by atoms with Gasteiger partial charge in [-0.15, -0.1) is 0 Å². The van der Waals surface area contributed by atoms with Gasteiger partial charge < -0.3 is 11.1 Å². The number of amides is 1. The molecule has 0 fully saturated rings. The molecular formula is C15H23N3O. The molecule has 1 aromatic rings. The Hall–Kier alpha value is -1.39. The summed E-state index contributed by atoms with van der Waals surface area (Å²) >= 11 is 0. The number of nitrogens with two attached hydrogens (primary N) is 1. The number of carbonyl (C=O) groups is 1. The molecule has 1 heterocycles. The number of nitrogens with one attached hydrogen (secondary N) is 1. The lowest BCUT2D eigenvalue weighted by atomic mass is 9.95. The largest absolute Gasteiger partial charge is 0.369 e. The summed E-state index contributed by atoms with van der Waals surface area (Å²) in [6.07, 6.45) is 0. The van der Waals surface area contributed by atoms with Crippen molar-refractivity contribution in [2.24, 2.45) is 11.7 Å². The van der Waals surface area contributed by atoms with Gasteiger partial charge in [0.25, 0.3) is 0 Å². The van der Waals surface area contributed by atoms with E-state index in [1.165, 1.54) is 11.1 Å². The number of primary amides is 1. The Morgan fingerprint density at radius 3 is 2.89 bits per heavy atom. The molecule has 4 nitrogen and oxygen atoms in total. The van der Waals surface area contributed by atoms with Gasteiger partial charge in [-0.3, -0.25) is 9.69 Å². The van der Waals surface area contributed by atoms with Crippen LogP contribution in [-0.2, 0) is 11.3 Å². The van der Waals surface area contributed by atoms with E-state index < -0.39 is 0 Å². The lowest BCUT2D eigenvalue weighted by Gasteiger charge is -2.36. The topological polar surface area (TPSA) is 58.4 Å². The molecule has 1 aromatic carbocycles. The molecule has 0 aromatic heterocycles. The Labute approximate surface area is 115 Å². The zero-order chi connectivity index (χ0) is 13.8. The SMILES string of the molecule is CC(C)CN(CC(N)=O)C1CNCc2ccccc21. The fourth-order valence-corrected chi connectivity index (χ4v) is 2.77. The van der Waals surface area contributed by atoms with Crippen LogP contribution in [0, 0.1) is 5.92 Å². The summed E-state index contributed by atoms with van der Waals surface area (Å²) in [5.74, 6) is 0.247. The second-order valence-corrected chi connectivity index (χ2v) is 5.64. The fourth-order valence-electron chi connectivity index (χ4n) is 2.77. The number of benzene rings is 1. The van der Waals surface area contributed by atoms with E-state index in [0.29, 0.717) is 12.5 Å². The number of carbonyl (C=O) groups excluding carboxylic acids is 1. The van der Waals surface area contributed by atoms with E-state index >= 15 is 0 Å². The predicted molar refractivity (Wildman–Crippen MR) is 76.5 cm³/mol. The number of rotatable bonds is 5. The van der Waals surface area contributed by atoms with Crippen molar-refractivity contribution in [2.75, 3.05) is 19.6 Å². The van der Waals surface area contributed by atoms with Gasteiger partial charge in [0.05, 0.1) is 6.54 Å². The average Bonchev–Trinajstić information content (AvgIpc) is 2.36. The van der Waals surface area contributed by atoms with Gasteiger partial charge in [-0.2, -0.15) is 0 Å². The van der Waals surface area contributed by atoms with Gasteiger partial charge in [-0.05, 0) is 17.0 Å². The van der Waals surface area contributed by atoms with Crippen LogP contribution in [0.4, 0.5) is 0 Å². The van der Waals surface area contributed by atoms with Crippen molar-refractivity contribution >= 4 is 5.91 Å². The zero-order valence-electron chi connectivity index (χ0n) is 11.7. The second kappa shape index (κ2) is 6.17.